The number of aliphatic carboxylic acids is 1. The Labute approximate surface area is 147 Å². The number of likely N-dealkylation sites (tertiary alicyclic amines) is 1. The van der Waals surface area contributed by atoms with Crippen LogP contribution >= 0.6 is 0 Å². The first-order valence-electron chi connectivity index (χ1n) is 8.18. The first-order valence-corrected chi connectivity index (χ1v) is 9.62. The number of sulfonamides is 1. The standard InChI is InChI=1S/C16H23N3O5S/c1-3-19(4-2)25(23,24)14-7-5-13(6-8-14)17-16(22)18-10-9-12(11-18)15(20)21/h5-8,12H,3-4,9-11H2,1-2H3,(H,17,22)(H,20,21). The summed E-state index contributed by atoms with van der Waals surface area (Å²) in [4.78, 5) is 24.7. The van der Waals surface area contributed by atoms with E-state index in [-0.39, 0.29) is 17.5 Å². The van der Waals surface area contributed by atoms with Gasteiger partial charge in [-0.3, -0.25) is 4.79 Å². The van der Waals surface area contributed by atoms with E-state index in [1.54, 1.807) is 13.8 Å². The minimum absolute atomic E-state index is 0.168. The fraction of sp³-hybridized carbons (Fsp3) is 0.500. The van der Waals surface area contributed by atoms with Gasteiger partial charge >= 0.3 is 12.0 Å². The molecule has 1 aromatic carbocycles. The number of nitrogens with zero attached hydrogens (tertiary/aromatic N) is 2. The Balaban J connectivity index is 2.03. The van der Waals surface area contributed by atoms with E-state index in [1.165, 1.54) is 33.5 Å². The number of carboxylic acid groups (broad SMARTS) is 1. The van der Waals surface area contributed by atoms with Gasteiger partial charge in [-0.15, -0.1) is 0 Å². The number of urea groups is 1. The van der Waals surface area contributed by atoms with E-state index in [0.717, 1.165) is 0 Å². The third-order valence-electron chi connectivity index (χ3n) is 4.27. The monoisotopic (exact) mass is 369 g/mol. The highest BCUT2D eigenvalue weighted by Crippen LogP contribution is 2.20. The van der Waals surface area contributed by atoms with Crippen molar-refractivity contribution in [3.05, 3.63) is 24.3 Å². The molecule has 0 radical (unpaired) electrons. The highest BCUT2D eigenvalue weighted by Gasteiger charge is 2.31. The van der Waals surface area contributed by atoms with Crippen molar-refractivity contribution < 1.29 is 23.1 Å². The Morgan fingerprint density at radius 2 is 1.84 bits per heavy atom. The molecule has 1 aliphatic heterocycles. The molecule has 2 amide bonds. The van der Waals surface area contributed by atoms with Crippen LogP contribution in [-0.4, -0.2) is 60.9 Å². The van der Waals surface area contributed by atoms with Gasteiger partial charge in [-0.2, -0.15) is 4.31 Å². The molecule has 0 saturated carbocycles. The summed E-state index contributed by atoms with van der Waals surface area (Å²) >= 11 is 0. The van der Waals surface area contributed by atoms with Crippen LogP contribution in [0.3, 0.4) is 0 Å². The summed E-state index contributed by atoms with van der Waals surface area (Å²) in [6.45, 7) is 4.88. The highest BCUT2D eigenvalue weighted by molar-refractivity contribution is 7.89. The van der Waals surface area contributed by atoms with Crippen molar-refractivity contribution in [2.75, 3.05) is 31.5 Å². The molecule has 138 valence electrons. The number of carbonyl (C=O) groups is 2. The van der Waals surface area contributed by atoms with Crippen LogP contribution in [0.4, 0.5) is 10.5 Å². The highest BCUT2D eigenvalue weighted by atomic mass is 32.2. The molecule has 0 aromatic heterocycles. The Kier molecular flexibility index (Phi) is 6.02. The number of anilines is 1. The molecule has 9 heteroatoms. The predicted octanol–water partition coefficient (Wildman–Crippen LogP) is 1.66. The van der Waals surface area contributed by atoms with Crippen LogP contribution in [0, 0.1) is 5.92 Å². The lowest BCUT2D eigenvalue weighted by Crippen LogP contribution is -2.33. The number of carbonyl (C=O) groups excluding carboxylic acids is 1. The molecular weight excluding hydrogens is 346 g/mol. The van der Waals surface area contributed by atoms with Gasteiger partial charge in [-0.05, 0) is 30.7 Å². The van der Waals surface area contributed by atoms with Crippen molar-refractivity contribution in [2.45, 2.75) is 25.2 Å². The van der Waals surface area contributed by atoms with Crippen LogP contribution in [0.1, 0.15) is 20.3 Å². The lowest BCUT2D eigenvalue weighted by atomic mass is 10.1. The maximum absolute atomic E-state index is 12.4. The Bertz CT molecular complexity index is 729. The fourth-order valence-electron chi connectivity index (χ4n) is 2.77. The van der Waals surface area contributed by atoms with Crippen LogP contribution in [0.5, 0.6) is 0 Å². The number of nitrogens with one attached hydrogen (secondary N) is 1. The summed E-state index contributed by atoms with van der Waals surface area (Å²) in [5, 5.41) is 11.6. The summed E-state index contributed by atoms with van der Waals surface area (Å²) in [5.74, 6) is -1.44. The van der Waals surface area contributed by atoms with E-state index >= 15 is 0 Å². The van der Waals surface area contributed by atoms with Crippen LogP contribution in [-0.2, 0) is 14.8 Å². The molecule has 1 aliphatic rings. The van der Waals surface area contributed by atoms with Crippen LogP contribution < -0.4 is 5.32 Å². The van der Waals surface area contributed by atoms with Crippen molar-refractivity contribution in [3.8, 4) is 0 Å². The molecule has 0 aliphatic carbocycles. The number of hydrogen-bond donors (Lipinski definition) is 2. The van der Waals surface area contributed by atoms with E-state index < -0.39 is 21.9 Å². The summed E-state index contributed by atoms with van der Waals surface area (Å²) in [6, 6.07) is 5.57. The summed E-state index contributed by atoms with van der Waals surface area (Å²) < 4.78 is 26.2. The molecule has 0 bridgehead atoms. The number of benzene rings is 1. The first-order chi connectivity index (χ1) is 11.8. The summed E-state index contributed by atoms with van der Waals surface area (Å²) in [7, 11) is -3.53. The average Bonchev–Trinajstić information content (AvgIpc) is 3.06. The molecule has 8 nitrogen and oxygen atoms in total. The van der Waals surface area contributed by atoms with Crippen molar-refractivity contribution in [2.24, 2.45) is 5.92 Å². The van der Waals surface area contributed by atoms with Gasteiger partial charge in [0.05, 0.1) is 10.8 Å². The third kappa shape index (κ3) is 4.29. The van der Waals surface area contributed by atoms with Gasteiger partial charge in [-0.1, -0.05) is 13.8 Å². The summed E-state index contributed by atoms with van der Waals surface area (Å²) in [5.41, 5.74) is 0.460. The molecule has 25 heavy (non-hydrogen) atoms. The lowest BCUT2D eigenvalue weighted by molar-refractivity contribution is -0.141. The SMILES string of the molecule is CCN(CC)S(=O)(=O)c1ccc(NC(=O)N2CCC(C(=O)O)C2)cc1. The topological polar surface area (TPSA) is 107 Å². The van der Waals surface area contributed by atoms with Gasteiger partial charge in [0, 0.05) is 31.9 Å². The smallest absolute Gasteiger partial charge is 0.321 e. The molecule has 2 rings (SSSR count). The van der Waals surface area contributed by atoms with Gasteiger partial charge in [0.15, 0.2) is 0 Å². The van der Waals surface area contributed by atoms with E-state index in [9.17, 15) is 18.0 Å². The summed E-state index contributed by atoms with van der Waals surface area (Å²) in [6.07, 6.45) is 0.434. The maximum Gasteiger partial charge on any atom is 0.321 e. The predicted molar refractivity (Wildman–Crippen MR) is 92.9 cm³/mol. The lowest BCUT2D eigenvalue weighted by Gasteiger charge is -2.19. The first kappa shape index (κ1) is 19.2. The normalized spacial score (nSPS) is 17.7. The third-order valence-corrected chi connectivity index (χ3v) is 6.34. The zero-order valence-electron chi connectivity index (χ0n) is 14.3. The Morgan fingerprint density at radius 1 is 1.24 bits per heavy atom. The van der Waals surface area contributed by atoms with Crippen LogP contribution in [0.25, 0.3) is 0 Å². The van der Waals surface area contributed by atoms with E-state index in [1.807, 2.05) is 0 Å². The van der Waals surface area contributed by atoms with Gasteiger partial charge in [-0.25, -0.2) is 13.2 Å². The largest absolute Gasteiger partial charge is 0.481 e. The van der Waals surface area contributed by atoms with Crippen molar-refractivity contribution in [1.82, 2.24) is 9.21 Å². The van der Waals surface area contributed by atoms with Gasteiger partial charge in [0.1, 0.15) is 0 Å². The second kappa shape index (κ2) is 7.83. The van der Waals surface area contributed by atoms with Crippen molar-refractivity contribution in [3.63, 3.8) is 0 Å². The van der Waals surface area contributed by atoms with Crippen molar-refractivity contribution >= 4 is 27.7 Å². The van der Waals surface area contributed by atoms with Gasteiger partial charge in [0.25, 0.3) is 0 Å². The number of carboxylic acids is 1. The number of rotatable bonds is 6. The van der Waals surface area contributed by atoms with E-state index in [2.05, 4.69) is 5.32 Å². The second-order valence-electron chi connectivity index (χ2n) is 5.81. The Hall–Kier alpha value is -2.13. The molecule has 2 N–H and O–H groups in total. The number of amides is 2. The molecule has 1 aromatic rings. The van der Waals surface area contributed by atoms with Gasteiger partial charge in [0.2, 0.25) is 10.0 Å². The van der Waals surface area contributed by atoms with E-state index in [4.69, 9.17) is 5.11 Å². The average molecular weight is 369 g/mol. The Morgan fingerprint density at radius 3 is 2.32 bits per heavy atom. The zero-order valence-corrected chi connectivity index (χ0v) is 15.1. The minimum Gasteiger partial charge on any atom is -0.481 e. The number of hydrogen-bond acceptors (Lipinski definition) is 4. The maximum atomic E-state index is 12.4. The molecule has 1 heterocycles. The molecular formula is C16H23N3O5S. The quantitative estimate of drug-likeness (QED) is 0.793. The fourth-order valence-corrected chi connectivity index (χ4v) is 4.23. The molecule has 1 atom stereocenters. The van der Waals surface area contributed by atoms with Crippen LogP contribution in [0.15, 0.2) is 29.2 Å². The molecule has 0 spiro atoms. The van der Waals surface area contributed by atoms with Gasteiger partial charge < -0.3 is 15.3 Å². The van der Waals surface area contributed by atoms with E-state index in [0.29, 0.717) is 31.7 Å². The zero-order chi connectivity index (χ0) is 18.6. The molecule has 1 fully saturated rings. The minimum atomic E-state index is -3.53. The molecule has 1 unspecified atom stereocenters. The molecule has 1 saturated heterocycles. The second-order valence-corrected chi connectivity index (χ2v) is 7.75. The van der Waals surface area contributed by atoms with Crippen LogP contribution in [0.2, 0.25) is 0 Å². The van der Waals surface area contributed by atoms with Crippen molar-refractivity contribution in [1.29, 1.82) is 0 Å².